The predicted octanol–water partition coefficient (Wildman–Crippen LogP) is 2.75. The molecule has 2 atom stereocenters. The Hall–Kier alpha value is -1.06. The molecule has 1 aliphatic carbocycles. The molecular formula is C14H19F3N2O. The largest absolute Gasteiger partial charge is 0.396 e. The lowest BCUT2D eigenvalue weighted by atomic mass is 9.69. The van der Waals surface area contributed by atoms with Crippen LogP contribution in [0.15, 0.2) is 11.6 Å². The smallest absolute Gasteiger partial charge is 0.379 e. The minimum absolute atomic E-state index is 0.000587. The van der Waals surface area contributed by atoms with Gasteiger partial charge in [-0.1, -0.05) is 13.0 Å². The van der Waals surface area contributed by atoms with Crippen LogP contribution in [0, 0.1) is 22.7 Å². The van der Waals surface area contributed by atoms with Gasteiger partial charge in [-0.2, -0.15) is 18.4 Å². The standard InChI is InChI=1S/C14H19F3N2O/c1-11-8-13(14(15,16)17,3-2-12(11)9-18)10-19-4-6-20-7-5-19/h2,11H,3-8,10H2,1H3. The van der Waals surface area contributed by atoms with Crippen LogP contribution in [0.5, 0.6) is 0 Å². The van der Waals surface area contributed by atoms with Crippen LogP contribution in [-0.2, 0) is 4.74 Å². The molecule has 1 aliphatic heterocycles. The van der Waals surface area contributed by atoms with Gasteiger partial charge in [0, 0.05) is 25.2 Å². The Morgan fingerprint density at radius 2 is 2.10 bits per heavy atom. The number of hydrogen-bond acceptors (Lipinski definition) is 3. The maximum atomic E-state index is 13.6. The molecule has 0 aromatic carbocycles. The van der Waals surface area contributed by atoms with E-state index in [0.717, 1.165) is 0 Å². The van der Waals surface area contributed by atoms with Gasteiger partial charge < -0.3 is 4.74 Å². The summed E-state index contributed by atoms with van der Waals surface area (Å²) in [4.78, 5) is 1.83. The Bertz CT molecular complexity index is 421. The molecule has 0 aromatic rings. The van der Waals surface area contributed by atoms with E-state index in [1.165, 1.54) is 6.08 Å². The molecule has 3 nitrogen and oxygen atoms in total. The van der Waals surface area contributed by atoms with Gasteiger partial charge in [0.15, 0.2) is 0 Å². The Kier molecular flexibility index (Phi) is 4.40. The van der Waals surface area contributed by atoms with E-state index in [1.54, 1.807) is 6.92 Å². The summed E-state index contributed by atoms with van der Waals surface area (Å²) in [5.74, 6) is -0.337. The van der Waals surface area contributed by atoms with Crippen molar-refractivity contribution in [3.05, 3.63) is 11.6 Å². The highest BCUT2D eigenvalue weighted by Gasteiger charge is 2.56. The summed E-state index contributed by atoms with van der Waals surface area (Å²) in [6.07, 6.45) is -2.88. The van der Waals surface area contributed by atoms with E-state index in [2.05, 4.69) is 0 Å². The van der Waals surface area contributed by atoms with Crippen molar-refractivity contribution in [2.45, 2.75) is 25.9 Å². The average Bonchev–Trinajstić information content (AvgIpc) is 2.39. The molecule has 1 saturated heterocycles. The third-order valence-corrected chi connectivity index (χ3v) is 4.30. The van der Waals surface area contributed by atoms with Crippen LogP contribution < -0.4 is 0 Å². The van der Waals surface area contributed by atoms with Crippen molar-refractivity contribution < 1.29 is 17.9 Å². The summed E-state index contributed by atoms with van der Waals surface area (Å²) in [5.41, 5.74) is -1.25. The topological polar surface area (TPSA) is 36.3 Å². The molecule has 0 amide bonds. The fourth-order valence-electron chi connectivity index (χ4n) is 3.08. The van der Waals surface area contributed by atoms with Gasteiger partial charge >= 0.3 is 6.18 Å². The lowest BCUT2D eigenvalue weighted by Gasteiger charge is -2.43. The zero-order chi connectivity index (χ0) is 14.8. The van der Waals surface area contributed by atoms with Gasteiger partial charge in [0.05, 0.1) is 24.7 Å². The van der Waals surface area contributed by atoms with Gasteiger partial charge in [0.2, 0.25) is 0 Å². The summed E-state index contributed by atoms with van der Waals surface area (Å²) in [6, 6.07) is 2.01. The minimum Gasteiger partial charge on any atom is -0.379 e. The Morgan fingerprint density at radius 1 is 1.45 bits per heavy atom. The quantitative estimate of drug-likeness (QED) is 0.784. The third kappa shape index (κ3) is 2.99. The molecule has 0 bridgehead atoms. The number of nitriles is 1. The molecule has 0 spiro atoms. The first-order valence-electron chi connectivity index (χ1n) is 6.85. The van der Waals surface area contributed by atoms with E-state index in [1.807, 2.05) is 11.0 Å². The Morgan fingerprint density at radius 3 is 2.60 bits per heavy atom. The van der Waals surface area contributed by atoms with Crippen LogP contribution in [0.1, 0.15) is 19.8 Å². The maximum Gasteiger partial charge on any atom is 0.396 e. The van der Waals surface area contributed by atoms with Crippen molar-refractivity contribution in [1.29, 1.82) is 5.26 Å². The van der Waals surface area contributed by atoms with Crippen molar-refractivity contribution >= 4 is 0 Å². The molecule has 0 aromatic heterocycles. The van der Waals surface area contributed by atoms with Gasteiger partial charge in [-0.3, -0.25) is 4.90 Å². The Labute approximate surface area is 117 Å². The monoisotopic (exact) mass is 288 g/mol. The first-order valence-corrected chi connectivity index (χ1v) is 6.85. The maximum absolute atomic E-state index is 13.6. The summed E-state index contributed by atoms with van der Waals surface area (Å²) >= 11 is 0. The zero-order valence-electron chi connectivity index (χ0n) is 11.5. The molecule has 2 aliphatic rings. The van der Waals surface area contributed by atoms with Crippen molar-refractivity contribution in [3.63, 3.8) is 0 Å². The molecule has 112 valence electrons. The lowest BCUT2D eigenvalue weighted by molar-refractivity contribution is -0.237. The molecule has 20 heavy (non-hydrogen) atoms. The summed E-state index contributed by atoms with van der Waals surface area (Å²) in [7, 11) is 0. The SMILES string of the molecule is CC1CC(CN2CCOCC2)(C(F)(F)F)CC=C1C#N. The molecule has 6 heteroatoms. The molecule has 1 fully saturated rings. The first-order chi connectivity index (χ1) is 9.38. The van der Waals surface area contributed by atoms with E-state index >= 15 is 0 Å². The van der Waals surface area contributed by atoms with E-state index in [-0.39, 0.29) is 25.3 Å². The fraction of sp³-hybridized carbons (Fsp3) is 0.786. The molecule has 0 N–H and O–H groups in total. The van der Waals surface area contributed by atoms with Crippen molar-refractivity contribution in [1.82, 2.24) is 4.90 Å². The van der Waals surface area contributed by atoms with Crippen LogP contribution in [0.4, 0.5) is 13.2 Å². The summed E-state index contributed by atoms with van der Waals surface area (Å²) < 4.78 is 45.9. The zero-order valence-corrected chi connectivity index (χ0v) is 11.5. The second-order valence-electron chi connectivity index (χ2n) is 5.75. The second-order valence-corrected chi connectivity index (χ2v) is 5.75. The number of nitrogens with zero attached hydrogens (tertiary/aromatic N) is 2. The van der Waals surface area contributed by atoms with Crippen LogP contribution >= 0.6 is 0 Å². The van der Waals surface area contributed by atoms with Gasteiger partial charge in [-0.15, -0.1) is 0 Å². The van der Waals surface area contributed by atoms with Crippen LogP contribution in [-0.4, -0.2) is 43.9 Å². The van der Waals surface area contributed by atoms with Gasteiger partial charge in [0.25, 0.3) is 0 Å². The van der Waals surface area contributed by atoms with Gasteiger partial charge in [-0.25, -0.2) is 0 Å². The highest BCUT2D eigenvalue weighted by Crippen LogP contribution is 2.50. The molecular weight excluding hydrogens is 269 g/mol. The van der Waals surface area contributed by atoms with Crippen molar-refractivity contribution in [2.75, 3.05) is 32.8 Å². The predicted molar refractivity (Wildman–Crippen MR) is 67.8 cm³/mol. The molecule has 2 rings (SSSR count). The highest BCUT2D eigenvalue weighted by atomic mass is 19.4. The normalized spacial score (nSPS) is 32.5. The molecule has 1 heterocycles. The van der Waals surface area contributed by atoms with Crippen LogP contribution in [0.3, 0.4) is 0 Å². The fourth-order valence-corrected chi connectivity index (χ4v) is 3.08. The van der Waals surface area contributed by atoms with Gasteiger partial charge in [-0.05, 0) is 18.8 Å². The second kappa shape index (κ2) is 5.74. The van der Waals surface area contributed by atoms with Crippen molar-refractivity contribution in [3.8, 4) is 6.07 Å². The number of morpholine rings is 1. The third-order valence-electron chi connectivity index (χ3n) is 4.30. The molecule has 0 saturated carbocycles. The van der Waals surface area contributed by atoms with E-state index in [9.17, 15) is 13.2 Å². The van der Waals surface area contributed by atoms with Crippen LogP contribution in [0.25, 0.3) is 0 Å². The van der Waals surface area contributed by atoms with Gasteiger partial charge in [0.1, 0.15) is 0 Å². The molecule has 0 radical (unpaired) electrons. The average molecular weight is 288 g/mol. The summed E-state index contributed by atoms with van der Waals surface area (Å²) in [5, 5.41) is 8.93. The summed E-state index contributed by atoms with van der Waals surface area (Å²) in [6.45, 7) is 3.76. The van der Waals surface area contributed by atoms with E-state index in [0.29, 0.717) is 31.9 Å². The lowest BCUT2D eigenvalue weighted by Crippen LogP contribution is -2.51. The Balaban J connectivity index is 2.20. The molecule has 2 unspecified atom stereocenters. The first kappa shape index (κ1) is 15.3. The number of hydrogen-bond donors (Lipinski definition) is 0. The number of ether oxygens (including phenoxy) is 1. The number of halogens is 3. The van der Waals surface area contributed by atoms with E-state index in [4.69, 9.17) is 10.00 Å². The number of allylic oxidation sites excluding steroid dienone is 2. The van der Waals surface area contributed by atoms with Crippen molar-refractivity contribution in [2.24, 2.45) is 11.3 Å². The number of rotatable bonds is 2. The van der Waals surface area contributed by atoms with E-state index < -0.39 is 11.6 Å². The highest BCUT2D eigenvalue weighted by molar-refractivity contribution is 5.27. The van der Waals surface area contributed by atoms with Crippen LogP contribution in [0.2, 0.25) is 0 Å². The minimum atomic E-state index is -4.25. The number of alkyl halides is 3.